The molecule has 2 aromatic rings. The number of carbonyl (C=O) groups is 1. The van der Waals surface area contributed by atoms with Gasteiger partial charge in [0.05, 0.1) is 0 Å². The fourth-order valence-corrected chi connectivity index (χ4v) is 2.35. The van der Waals surface area contributed by atoms with Crippen molar-refractivity contribution in [3.05, 3.63) is 65.5 Å². The van der Waals surface area contributed by atoms with E-state index in [2.05, 4.69) is 26.2 Å². The maximum atomic E-state index is 12.1. The average molecular weight is 333 g/mol. The lowest BCUT2D eigenvalue weighted by molar-refractivity contribution is 0.0940. The zero-order valence-corrected chi connectivity index (χ0v) is 12.9. The standard InChI is InChI=1S/C16H17BrN2O/c1-12(10-13-6-8-18-9-7-13)19-16(20)15-4-2-14(11-17)3-5-15/h2-9,12H,10-11H2,1H3,(H,19,20). The summed E-state index contributed by atoms with van der Waals surface area (Å²) in [6.07, 6.45) is 4.33. The molecule has 0 radical (unpaired) electrons. The Morgan fingerprint density at radius 1 is 1.15 bits per heavy atom. The first-order chi connectivity index (χ1) is 9.69. The number of alkyl halides is 1. The van der Waals surface area contributed by atoms with Crippen molar-refractivity contribution in [2.45, 2.75) is 24.7 Å². The molecule has 104 valence electrons. The Hall–Kier alpha value is -1.68. The number of amides is 1. The highest BCUT2D eigenvalue weighted by Gasteiger charge is 2.10. The number of benzene rings is 1. The predicted octanol–water partition coefficient (Wildman–Crippen LogP) is 3.34. The molecule has 2 rings (SSSR count). The maximum Gasteiger partial charge on any atom is 0.251 e. The van der Waals surface area contributed by atoms with Crippen LogP contribution in [0.25, 0.3) is 0 Å². The summed E-state index contributed by atoms with van der Waals surface area (Å²) in [5.74, 6) is -0.0346. The predicted molar refractivity (Wildman–Crippen MR) is 83.9 cm³/mol. The van der Waals surface area contributed by atoms with Gasteiger partial charge in [-0.25, -0.2) is 0 Å². The fourth-order valence-electron chi connectivity index (χ4n) is 1.98. The molecule has 1 N–H and O–H groups in total. The van der Waals surface area contributed by atoms with E-state index in [9.17, 15) is 4.79 Å². The lowest BCUT2D eigenvalue weighted by Crippen LogP contribution is -2.34. The third-order valence-corrected chi connectivity index (χ3v) is 3.69. The molecule has 1 aromatic carbocycles. The number of halogens is 1. The molecule has 0 spiro atoms. The quantitative estimate of drug-likeness (QED) is 0.853. The topological polar surface area (TPSA) is 42.0 Å². The van der Waals surface area contributed by atoms with E-state index in [1.165, 1.54) is 5.56 Å². The second-order valence-electron chi connectivity index (χ2n) is 4.76. The molecular weight excluding hydrogens is 316 g/mol. The van der Waals surface area contributed by atoms with E-state index in [-0.39, 0.29) is 11.9 Å². The third kappa shape index (κ3) is 4.17. The number of nitrogens with one attached hydrogen (secondary N) is 1. The molecule has 1 aromatic heterocycles. The molecule has 3 nitrogen and oxygen atoms in total. The number of hydrogen-bond donors (Lipinski definition) is 1. The summed E-state index contributed by atoms with van der Waals surface area (Å²) < 4.78 is 0. The van der Waals surface area contributed by atoms with Crippen LogP contribution in [0.15, 0.2) is 48.8 Å². The Labute approximate surface area is 127 Å². The first-order valence-electron chi connectivity index (χ1n) is 6.53. The lowest BCUT2D eigenvalue weighted by atomic mass is 10.1. The summed E-state index contributed by atoms with van der Waals surface area (Å²) in [6, 6.07) is 11.6. The highest BCUT2D eigenvalue weighted by atomic mass is 79.9. The summed E-state index contributed by atoms with van der Waals surface area (Å²) in [5, 5.41) is 3.81. The van der Waals surface area contributed by atoms with Gasteiger partial charge in [0.15, 0.2) is 0 Å². The van der Waals surface area contributed by atoms with Crippen molar-refractivity contribution < 1.29 is 4.79 Å². The van der Waals surface area contributed by atoms with Crippen LogP contribution in [0.4, 0.5) is 0 Å². The fraction of sp³-hybridized carbons (Fsp3) is 0.250. The van der Waals surface area contributed by atoms with Gasteiger partial charge in [0.1, 0.15) is 0 Å². The lowest BCUT2D eigenvalue weighted by Gasteiger charge is -2.14. The minimum Gasteiger partial charge on any atom is -0.349 e. The van der Waals surface area contributed by atoms with Gasteiger partial charge in [-0.3, -0.25) is 9.78 Å². The first kappa shape index (κ1) is 14.7. The van der Waals surface area contributed by atoms with Crippen LogP contribution in [0.3, 0.4) is 0 Å². The molecule has 20 heavy (non-hydrogen) atoms. The van der Waals surface area contributed by atoms with Crippen LogP contribution in [-0.4, -0.2) is 16.9 Å². The van der Waals surface area contributed by atoms with Crippen molar-refractivity contribution in [2.75, 3.05) is 0 Å². The van der Waals surface area contributed by atoms with E-state index < -0.39 is 0 Å². The number of hydrogen-bond acceptors (Lipinski definition) is 2. The zero-order valence-electron chi connectivity index (χ0n) is 11.3. The van der Waals surface area contributed by atoms with E-state index in [1.807, 2.05) is 43.3 Å². The summed E-state index contributed by atoms with van der Waals surface area (Å²) in [7, 11) is 0. The molecule has 0 aliphatic carbocycles. The minimum absolute atomic E-state index is 0.0346. The van der Waals surface area contributed by atoms with Gasteiger partial charge >= 0.3 is 0 Å². The Morgan fingerprint density at radius 2 is 1.80 bits per heavy atom. The van der Waals surface area contributed by atoms with Crippen LogP contribution in [0.2, 0.25) is 0 Å². The first-order valence-corrected chi connectivity index (χ1v) is 7.66. The average Bonchev–Trinajstić information content (AvgIpc) is 2.48. The molecule has 0 bridgehead atoms. The number of carbonyl (C=O) groups excluding carboxylic acids is 1. The third-order valence-electron chi connectivity index (χ3n) is 3.04. The molecule has 0 fully saturated rings. The zero-order chi connectivity index (χ0) is 14.4. The molecule has 1 atom stereocenters. The molecule has 0 aliphatic heterocycles. The summed E-state index contributed by atoms with van der Waals surface area (Å²) in [4.78, 5) is 16.1. The van der Waals surface area contributed by atoms with Crippen molar-refractivity contribution in [3.8, 4) is 0 Å². The molecule has 0 aliphatic rings. The van der Waals surface area contributed by atoms with Crippen molar-refractivity contribution in [2.24, 2.45) is 0 Å². The Balaban J connectivity index is 1.93. The van der Waals surface area contributed by atoms with Gasteiger partial charge < -0.3 is 5.32 Å². The Morgan fingerprint density at radius 3 is 2.40 bits per heavy atom. The van der Waals surface area contributed by atoms with Gasteiger partial charge in [-0.1, -0.05) is 28.1 Å². The van der Waals surface area contributed by atoms with Crippen molar-refractivity contribution in [1.29, 1.82) is 0 Å². The van der Waals surface area contributed by atoms with Crippen molar-refractivity contribution in [3.63, 3.8) is 0 Å². The Bertz CT molecular complexity index is 554. The number of nitrogens with zero attached hydrogens (tertiary/aromatic N) is 1. The monoisotopic (exact) mass is 332 g/mol. The smallest absolute Gasteiger partial charge is 0.251 e. The molecular formula is C16H17BrN2O. The van der Waals surface area contributed by atoms with Crippen LogP contribution in [0, 0.1) is 0 Å². The highest BCUT2D eigenvalue weighted by molar-refractivity contribution is 9.08. The molecule has 1 amide bonds. The molecule has 4 heteroatoms. The van der Waals surface area contributed by atoms with Crippen molar-refractivity contribution in [1.82, 2.24) is 10.3 Å². The molecule has 1 heterocycles. The van der Waals surface area contributed by atoms with Crippen LogP contribution in [0.1, 0.15) is 28.4 Å². The minimum atomic E-state index is -0.0346. The van der Waals surface area contributed by atoms with E-state index >= 15 is 0 Å². The number of rotatable bonds is 5. The van der Waals surface area contributed by atoms with Crippen LogP contribution >= 0.6 is 15.9 Å². The Kier molecular flexibility index (Phi) is 5.30. The van der Waals surface area contributed by atoms with E-state index in [1.54, 1.807) is 12.4 Å². The van der Waals surface area contributed by atoms with Gasteiger partial charge in [0.2, 0.25) is 0 Å². The second-order valence-corrected chi connectivity index (χ2v) is 5.33. The van der Waals surface area contributed by atoms with Gasteiger partial charge in [0, 0.05) is 29.3 Å². The van der Waals surface area contributed by atoms with E-state index in [4.69, 9.17) is 0 Å². The van der Waals surface area contributed by atoms with Crippen LogP contribution in [0.5, 0.6) is 0 Å². The summed E-state index contributed by atoms with van der Waals surface area (Å²) in [5.41, 5.74) is 3.02. The largest absolute Gasteiger partial charge is 0.349 e. The van der Waals surface area contributed by atoms with Gasteiger partial charge in [-0.2, -0.15) is 0 Å². The summed E-state index contributed by atoms with van der Waals surface area (Å²) in [6.45, 7) is 2.01. The van der Waals surface area contributed by atoms with Crippen LogP contribution in [-0.2, 0) is 11.8 Å². The van der Waals surface area contributed by atoms with Crippen molar-refractivity contribution >= 4 is 21.8 Å². The number of aromatic nitrogens is 1. The normalized spacial score (nSPS) is 11.9. The van der Waals surface area contributed by atoms with Gasteiger partial charge in [-0.15, -0.1) is 0 Å². The highest BCUT2D eigenvalue weighted by Crippen LogP contribution is 2.08. The second kappa shape index (κ2) is 7.20. The van der Waals surface area contributed by atoms with Gasteiger partial charge in [0.25, 0.3) is 5.91 Å². The SMILES string of the molecule is CC(Cc1ccncc1)NC(=O)c1ccc(CBr)cc1. The molecule has 1 unspecified atom stereocenters. The van der Waals surface area contributed by atoms with E-state index in [0.717, 1.165) is 17.3 Å². The summed E-state index contributed by atoms with van der Waals surface area (Å²) >= 11 is 3.39. The molecule has 0 saturated heterocycles. The van der Waals surface area contributed by atoms with Gasteiger partial charge in [-0.05, 0) is 48.7 Å². The van der Waals surface area contributed by atoms with Crippen LogP contribution < -0.4 is 5.32 Å². The number of pyridine rings is 1. The van der Waals surface area contributed by atoms with E-state index in [0.29, 0.717) is 5.56 Å². The molecule has 0 saturated carbocycles. The maximum absolute atomic E-state index is 12.1.